The van der Waals surface area contributed by atoms with E-state index in [1.807, 2.05) is 13.0 Å². The van der Waals surface area contributed by atoms with Crippen LogP contribution in [0.15, 0.2) is 24.3 Å². The SMILES string of the molecule is CC(C)CC(CN)NC(=O)C(C)Cc1cccc(F)c1. The molecule has 3 nitrogen and oxygen atoms in total. The molecule has 0 aliphatic heterocycles. The Labute approximate surface area is 120 Å². The molecule has 0 aliphatic rings. The molecule has 0 heterocycles. The van der Waals surface area contributed by atoms with Crippen molar-refractivity contribution in [2.45, 2.75) is 39.7 Å². The van der Waals surface area contributed by atoms with E-state index in [0.717, 1.165) is 12.0 Å². The summed E-state index contributed by atoms with van der Waals surface area (Å²) in [6, 6.07) is 6.38. The van der Waals surface area contributed by atoms with E-state index in [2.05, 4.69) is 19.2 Å². The molecule has 0 bridgehead atoms. The number of carbonyl (C=O) groups is 1. The molecule has 0 spiro atoms. The van der Waals surface area contributed by atoms with Crippen LogP contribution in [0.1, 0.15) is 32.8 Å². The van der Waals surface area contributed by atoms with Crippen molar-refractivity contribution in [2.24, 2.45) is 17.6 Å². The quantitative estimate of drug-likeness (QED) is 0.806. The topological polar surface area (TPSA) is 55.1 Å². The molecule has 4 heteroatoms. The van der Waals surface area contributed by atoms with E-state index in [-0.39, 0.29) is 23.7 Å². The van der Waals surface area contributed by atoms with Gasteiger partial charge in [-0.25, -0.2) is 4.39 Å². The lowest BCUT2D eigenvalue weighted by atomic mass is 9.98. The van der Waals surface area contributed by atoms with Gasteiger partial charge in [-0.3, -0.25) is 4.79 Å². The predicted octanol–water partition coefficient (Wildman–Crippen LogP) is 2.49. The maximum Gasteiger partial charge on any atom is 0.223 e. The number of rotatable bonds is 7. The largest absolute Gasteiger partial charge is 0.352 e. The standard InChI is InChI=1S/C16H25FN2O/c1-11(2)7-15(10-18)19-16(20)12(3)8-13-5-4-6-14(17)9-13/h4-6,9,11-12,15H,7-8,10,18H2,1-3H3,(H,19,20). The van der Waals surface area contributed by atoms with Crippen molar-refractivity contribution in [3.05, 3.63) is 35.6 Å². The lowest BCUT2D eigenvalue weighted by Gasteiger charge is -2.21. The number of nitrogens with two attached hydrogens (primary N) is 1. The maximum absolute atomic E-state index is 13.1. The molecule has 1 amide bonds. The summed E-state index contributed by atoms with van der Waals surface area (Å²) >= 11 is 0. The Kier molecular flexibility index (Phi) is 6.65. The molecule has 0 fully saturated rings. The fraction of sp³-hybridized carbons (Fsp3) is 0.562. The van der Waals surface area contributed by atoms with Gasteiger partial charge in [0.15, 0.2) is 0 Å². The Morgan fingerprint density at radius 3 is 2.60 bits per heavy atom. The van der Waals surface area contributed by atoms with Gasteiger partial charge < -0.3 is 11.1 Å². The average molecular weight is 280 g/mol. The second-order valence-corrected chi connectivity index (χ2v) is 5.81. The van der Waals surface area contributed by atoms with Gasteiger partial charge in [-0.15, -0.1) is 0 Å². The summed E-state index contributed by atoms with van der Waals surface area (Å²) in [5.41, 5.74) is 6.51. The zero-order valence-electron chi connectivity index (χ0n) is 12.5. The second-order valence-electron chi connectivity index (χ2n) is 5.81. The van der Waals surface area contributed by atoms with E-state index in [9.17, 15) is 9.18 Å². The minimum absolute atomic E-state index is 0.0115. The fourth-order valence-corrected chi connectivity index (χ4v) is 2.24. The van der Waals surface area contributed by atoms with Crippen LogP contribution in [0, 0.1) is 17.7 Å². The normalized spacial score (nSPS) is 14.1. The first kappa shape index (κ1) is 16.6. The fourth-order valence-electron chi connectivity index (χ4n) is 2.24. The van der Waals surface area contributed by atoms with E-state index in [0.29, 0.717) is 18.9 Å². The Balaban J connectivity index is 2.54. The van der Waals surface area contributed by atoms with Gasteiger partial charge in [0.05, 0.1) is 0 Å². The van der Waals surface area contributed by atoms with Crippen molar-refractivity contribution in [2.75, 3.05) is 6.54 Å². The van der Waals surface area contributed by atoms with Gasteiger partial charge >= 0.3 is 0 Å². The van der Waals surface area contributed by atoms with Gasteiger partial charge in [0, 0.05) is 18.5 Å². The lowest BCUT2D eigenvalue weighted by molar-refractivity contribution is -0.125. The summed E-state index contributed by atoms with van der Waals surface area (Å²) in [5.74, 6) is 0.000462. The summed E-state index contributed by atoms with van der Waals surface area (Å²) in [7, 11) is 0. The minimum atomic E-state index is -0.269. The lowest BCUT2D eigenvalue weighted by Crippen LogP contribution is -2.43. The first-order chi connectivity index (χ1) is 9.42. The Bertz CT molecular complexity index is 434. The van der Waals surface area contributed by atoms with E-state index in [1.165, 1.54) is 12.1 Å². The first-order valence-corrected chi connectivity index (χ1v) is 7.17. The Morgan fingerprint density at radius 2 is 2.05 bits per heavy atom. The van der Waals surface area contributed by atoms with Crippen molar-refractivity contribution in [3.8, 4) is 0 Å². The molecule has 1 aromatic rings. The molecule has 1 rings (SSSR count). The molecular formula is C16H25FN2O. The molecule has 0 saturated heterocycles. The third-order valence-corrected chi connectivity index (χ3v) is 3.27. The van der Waals surface area contributed by atoms with Gasteiger partial charge in [-0.2, -0.15) is 0 Å². The summed E-state index contributed by atoms with van der Waals surface area (Å²) in [6.45, 7) is 6.50. The van der Waals surface area contributed by atoms with Crippen LogP contribution in [0.4, 0.5) is 4.39 Å². The van der Waals surface area contributed by atoms with Crippen molar-refractivity contribution in [3.63, 3.8) is 0 Å². The van der Waals surface area contributed by atoms with Crippen molar-refractivity contribution in [1.29, 1.82) is 0 Å². The first-order valence-electron chi connectivity index (χ1n) is 7.17. The molecule has 2 atom stereocenters. The summed E-state index contributed by atoms with van der Waals surface area (Å²) in [4.78, 5) is 12.1. The molecule has 0 aromatic heterocycles. The Morgan fingerprint density at radius 1 is 1.35 bits per heavy atom. The van der Waals surface area contributed by atoms with Crippen molar-refractivity contribution in [1.82, 2.24) is 5.32 Å². The Hall–Kier alpha value is -1.42. The van der Waals surface area contributed by atoms with Crippen LogP contribution in [0.5, 0.6) is 0 Å². The smallest absolute Gasteiger partial charge is 0.223 e. The summed E-state index contributed by atoms with van der Waals surface area (Å²) in [6.07, 6.45) is 1.40. The zero-order valence-corrected chi connectivity index (χ0v) is 12.5. The van der Waals surface area contributed by atoms with Crippen LogP contribution in [0.2, 0.25) is 0 Å². The third-order valence-electron chi connectivity index (χ3n) is 3.27. The van der Waals surface area contributed by atoms with E-state index in [1.54, 1.807) is 6.07 Å². The van der Waals surface area contributed by atoms with E-state index < -0.39 is 0 Å². The highest BCUT2D eigenvalue weighted by Crippen LogP contribution is 2.11. The molecule has 0 radical (unpaired) electrons. The van der Waals surface area contributed by atoms with Gasteiger partial charge in [0.2, 0.25) is 5.91 Å². The number of amides is 1. The molecule has 2 unspecified atom stereocenters. The number of halogens is 1. The third kappa shape index (κ3) is 5.70. The minimum Gasteiger partial charge on any atom is -0.352 e. The molecule has 0 saturated carbocycles. The zero-order chi connectivity index (χ0) is 15.1. The van der Waals surface area contributed by atoms with Gasteiger partial charge in [0.25, 0.3) is 0 Å². The maximum atomic E-state index is 13.1. The summed E-state index contributed by atoms with van der Waals surface area (Å²) in [5, 5.41) is 2.97. The molecular weight excluding hydrogens is 255 g/mol. The van der Waals surface area contributed by atoms with Gasteiger partial charge in [-0.05, 0) is 36.5 Å². The number of benzene rings is 1. The van der Waals surface area contributed by atoms with Crippen LogP contribution in [0.25, 0.3) is 0 Å². The van der Waals surface area contributed by atoms with Crippen LogP contribution in [-0.2, 0) is 11.2 Å². The van der Waals surface area contributed by atoms with Crippen LogP contribution in [0.3, 0.4) is 0 Å². The number of nitrogens with one attached hydrogen (secondary N) is 1. The highest BCUT2D eigenvalue weighted by atomic mass is 19.1. The molecule has 1 aromatic carbocycles. The summed E-state index contributed by atoms with van der Waals surface area (Å²) < 4.78 is 13.1. The predicted molar refractivity (Wildman–Crippen MR) is 79.7 cm³/mol. The number of hydrogen-bond acceptors (Lipinski definition) is 2. The number of carbonyl (C=O) groups excluding carboxylic acids is 1. The molecule has 3 N–H and O–H groups in total. The van der Waals surface area contributed by atoms with Crippen molar-refractivity contribution < 1.29 is 9.18 Å². The molecule has 20 heavy (non-hydrogen) atoms. The molecule has 112 valence electrons. The molecule has 0 aliphatic carbocycles. The second kappa shape index (κ2) is 8.00. The highest BCUT2D eigenvalue weighted by molar-refractivity contribution is 5.78. The van der Waals surface area contributed by atoms with Gasteiger partial charge in [0.1, 0.15) is 5.82 Å². The highest BCUT2D eigenvalue weighted by Gasteiger charge is 2.18. The van der Waals surface area contributed by atoms with Crippen LogP contribution < -0.4 is 11.1 Å². The van der Waals surface area contributed by atoms with E-state index >= 15 is 0 Å². The van der Waals surface area contributed by atoms with E-state index in [4.69, 9.17) is 5.73 Å². The van der Waals surface area contributed by atoms with Crippen molar-refractivity contribution >= 4 is 5.91 Å². The van der Waals surface area contributed by atoms with Crippen LogP contribution >= 0.6 is 0 Å². The van der Waals surface area contributed by atoms with Crippen LogP contribution in [-0.4, -0.2) is 18.5 Å². The average Bonchev–Trinajstić information content (AvgIpc) is 2.37. The van der Waals surface area contributed by atoms with Gasteiger partial charge in [-0.1, -0.05) is 32.9 Å². The monoisotopic (exact) mass is 280 g/mol. The number of hydrogen-bond donors (Lipinski definition) is 2.